The summed E-state index contributed by atoms with van der Waals surface area (Å²) < 4.78 is 0. The minimum atomic E-state index is -1.20. The van der Waals surface area contributed by atoms with Crippen molar-refractivity contribution in [2.45, 2.75) is 6.42 Å². The van der Waals surface area contributed by atoms with Gasteiger partial charge in [-0.1, -0.05) is 24.3 Å². The zero-order valence-electron chi connectivity index (χ0n) is 7.49. The minimum absolute atomic E-state index is 0. The van der Waals surface area contributed by atoms with Crippen molar-refractivity contribution in [2.24, 2.45) is 0 Å². The van der Waals surface area contributed by atoms with Crippen LogP contribution in [0.1, 0.15) is 15.9 Å². The van der Waals surface area contributed by atoms with Crippen LogP contribution in [0.25, 0.3) is 0 Å². The van der Waals surface area contributed by atoms with Crippen LogP contribution in [0.15, 0.2) is 24.3 Å². The standard InChI is InChI=1S/C9H10O3.Na/c10-6-5-7-3-1-2-4-8(7)9(11)12;/h1-4,10H,5-6H2,(H,11,12);/q;+1/p-1. The van der Waals surface area contributed by atoms with Crippen LogP contribution >= 0.6 is 0 Å². The van der Waals surface area contributed by atoms with Crippen molar-refractivity contribution in [2.75, 3.05) is 6.61 Å². The van der Waals surface area contributed by atoms with Crippen LogP contribution in [-0.4, -0.2) is 17.7 Å². The first-order valence-corrected chi connectivity index (χ1v) is 3.66. The van der Waals surface area contributed by atoms with Crippen molar-refractivity contribution >= 4 is 5.97 Å². The summed E-state index contributed by atoms with van der Waals surface area (Å²) in [5.41, 5.74) is 0.770. The van der Waals surface area contributed by atoms with Crippen molar-refractivity contribution in [3.8, 4) is 0 Å². The molecular weight excluding hydrogens is 179 g/mol. The predicted molar refractivity (Wildman–Crippen MR) is 41.6 cm³/mol. The van der Waals surface area contributed by atoms with Gasteiger partial charge in [-0.05, 0) is 12.0 Å². The number of carboxylic acids is 1. The summed E-state index contributed by atoms with van der Waals surface area (Å²) in [6.07, 6.45) is 0.351. The molecule has 0 aliphatic heterocycles. The van der Waals surface area contributed by atoms with Gasteiger partial charge in [-0.2, -0.15) is 0 Å². The Bertz CT molecular complexity index is 286. The fourth-order valence-electron chi connectivity index (χ4n) is 1.06. The van der Waals surface area contributed by atoms with E-state index in [2.05, 4.69) is 0 Å². The summed E-state index contributed by atoms with van der Waals surface area (Å²) in [6, 6.07) is 6.51. The first-order chi connectivity index (χ1) is 5.75. The first kappa shape index (κ1) is 12.7. The Hall–Kier alpha value is -0.350. The van der Waals surface area contributed by atoms with Crippen molar-refractivity contribution in [1.82, 2.24) is 0 Å². The SMILES string of the molecule is O=C([O-])c1ccccc1CCO.[Na+]. The molecule has 0 radical (unpaired) electrons. The largest absolute Gasteiger partial charge is 1.00 e. The molecule has 1 aromatic rings. The summed E-state index contributed by atoms with van der Waals surface area (Å²) in [4.78, 5) is 10.5. The van der Waals surface area contributed by atoms with Crippen LogP contribution in [0.4, 0.5) is 0 Å². The van der Waals surface area contributed by atoms with E-state index >= 15 is 0 Å². The Morgan fingerprint density at radius 3 is 2.54 bits per heavy atom. The molecule has 0 aromatic heterocycles. The molecule has 0 spiro atoms. The molecule has 0 bridgehead atoms. The molecule has 0 aliphatic carbocycles. The third-order valence-corrected chi connectivity index (χ3v) is 1.62. The molecule has 0 atom stereocenters. The summed E-state index contributed by atoms with van der Waals surface area (Å²) >= 11 is 0. The Morgan fingerprint density at radius 1 is 1.38 bits per heavy atom. The maximum atomic E-state index is 10.5. The molecule has 0 heterocycles. The smallest absolute Gasteiger partial charge is 0.545 e. The number of carbonyl (C=O) groups is 1. The predicted octanol–water partition coefficient (Wildman–Crippen LogP) is -3.41. The Kier molecular flexibility index (Phi) is 5.99. The average molecular weight is 188 g/mol. The fourth-order valence-corrected chi connectivity index (χ4v) is 1.06. The number of hydrogen-bond acceptors (Lipinski definition) is 3. The van der Waals surface area contributed by atoms with E-state index in [1.165, 1.54) is 6.07 Å². The molecule has 64 valence electrons. The van der Waals surface area contributed by atoms with Gasteiger partial charge in [-0.3, -0.25) is 0 Å². The van der Waals surface area contributed by atoms with Crippen LogP contribution < -0.4 is 34.7 Å². The quantitative estimate of drug-likeness (QED) is 0.503. The summed E-state index contributed by atoms with van der Waals surface area (Å²) in [5.74, 6) is -1.20. The molecule has 13 heavy (non-hydrogen) atoms. The van der Waals surface area contributed by atoms with Crippen molar-refractivity contribution in [1.29, 1.82) is 0 Å². The van der Waals surface area contributed by atoms with E-state index in [-0.39, 0.29) is 41.7 Å². The van der Waals surface area contributed by atoms with Crippen molar-refractivity contribution < 1.29 is 44.6 Å². The van der Waals surface area contributed by atoms with E-state index < -0.39 is 5.97 Å². The number of hydrogen-bond donors (Lipinski definition) is 1. The molecule has 0 saturated carbocycles. The second-order valence-electron chi connectivity index (χ2n) is 2.42. The minimum Gasteiger partial charge on any atom is -0.545 e. The number of aliphatic hydroxyl groups excluding tert-OH is 1. The second kappa shape index (κ2) is 6.16. The fraction of sp³-hybridized carbons (Fsp3) is 0.222. The molecule has 1 aromatic carbocycles. The molecule has 0 aliphatic rings. The topological polar surface area (TPSA) is 60.4 Å². The van der Waals surface area contributed by atoms with Gasteiger partial charge < -0.3 is 15.0 Å². The number of aromatic carboxylic acids is 1. The van der Waals surface area contributed by atoms with Crippen LogP contribution in [0.5, 0.6) is 0 Å². The van der Waals surface area contributed by atoms with E-state index in [9.17, 15) is 9.90 Å². The maximum absolute atomic E-state index is 10.5. The van der Waals surface area contributed by atoms with Gasteiger partial charge in [-0.15, -0.1) is 0 Å². The van der Waals surface area contributed by atoms with Gasteiger partial charge in [0.15, 0.2) is 0 Å². The van der Waals surface area contributed by atoms with Gasteiger partial charge in [0.1, 0.15) is 0 Å². The van der Waals surface area contributed by atoms with Crippen molar-refractivity contribution in [3.05, 3.63) is 35.4 Å². The van der Waals surface area contributed by atoms with Gasteiger partial charge >= 0.3 is 29.6 Å². The van der Waals surface area contributed by atoms with E-state index in [4.69, 9.17) is 5.11 Å². The monoisotopic (exact) mass is 188 g/mol. The van der Waals surface area contributed by atoms with E-state index in [1.54, 1.807) is 18.2 Å². The van der Waals surface area contributed by atoms with Crippen LogP contribution in [0, 0.1) is 0 Å². The number of rotatable bonds is 3. The van der Waals surface area contributed by atoms with Crippen LogP contribution in [0.2, 0.25) is 0 Å². The molecule has 1 rings (SSSR count). The average Bonchev–Trinajstić information content (AvgIpc) is 2.05. The van der Waals surface area contributed by atoms with Gasteiger partial charge in [0.25, 0.3) is 0 Å². The normalized spacial score (nSPS) is 9.00. The van der Waals surface area contributed by atoms with E-state index in [0.717, 1.165) is 0 Å². The van der Waals surface area contributed by atoms with Gasteiger partial charge in [0.2, 0.25) is 0 Å². The summed E-state index contributed by atoms with van der Waals surface area (Å²) in [5, 5.41) is 19.1. The first-order valence-electron chi connectivity index (χ1n) is 3.66. The molecule has 4 heteroatoms. The third-order valence-electron chi connectivity index (χ3n) is 1.62. The second-order valence-corrected chi connectivity index (χ2v) is 2.42. The zero-order valence-corrected chi connectivity index (χ0v) is 9.49. The van der Waals surface area contributed by atoms with E-state index in [1.807, 2.05) is 0 Å². The summed E-state index contributed by atoms with van der Waals surface area (Å²) in [7, 11) is 0. The van der Waals surface area contributed by atoms with E-state index in [0.29, 0.717) is 12.0 Å². The third kappa shape index (κ3) is 3.48. The molecule has 0 unspecified atom stereocenters. The number of carbonyl (C=O) groups excluding carboxylic acids is 1. The Labute approximate surface area is 98.7 Å². The number of benzene rings is 1. The molecular formula is C9H9NaO3. The van der Waals surface area contributed by atoms with Gasteiger partial charge in [-0.25, -0.2) is 0 Å². The Balaban J connectivity index is 0.00000144. The van der Waals surface area contributed by atoms with Gasteiger partial charge in [0, 0.05) is 12.2 Å². The Morgan fingerprint density at radius 2 is 2.00 bits per heavy atom. The molecule has 0 saturated heterocycles. The van der Waals surface area contributed by atoms with Gasteiger partial charge in [0.05, 0.1) is 5.97 Å². The maximum Gasteiger partial charge on any atom is 1.00 e. The number of aliphatic hydroxyl groups is 1. The molecule has 0 fully saturated rings. The van der Waals surface area contributed by atoms with Crippen molar-refractivity contribution in [3.63, 3.8) is 0 Å². The molecule has 1 N–H and O–H groups in total. The molecule has 0 amide bonds. The molecule has 3 nitrogen and oxygen atoms in total. The summed E-state index contributed by atoms with van der Waals surface area (Å²) in [6.45, 7) is -0.0513. The zero-order chi connectivity index (χ0) is 8.97. The van der Waals surface area contributed by atoms with Crippen LogP contribution in [-0.2, 0) is 6.42 Å². The number of carboxylic acid groups (broad SMARTS) is 1. The van der Waals surface area contributed by atoms with Crippen LogP contribution in [0.3, 0.4) is 0 Å².